The Morgan fingerprint density at radius 2 is 2.31 bits per heavy atom. The highest BCUT2D eigenvalue weighted by atomic mass is 127. The standard InChI is InChI=1S/C17H18BrIN6O/c18-13-10-21-25-15(20-9-12-4-3-6-23(26)11-12)8-16(22-17(13)25)24-7-2-1-5-14(24)19/h3-4,6,8,10-11,14,20H,1-2,5,7,9H2/t14-/m0/s1. The van der Waals surface area contributed by atoms with Crippen LogP contribution in [0.1, 0.15) is 24.8 Å². The van der Waals surface area contributed by atoms with Crippen LogP contribution in [0.3, 0.4) is 0 Å². The van der Waals surface area contributed by atoms with Crippen LogP contribution in [0.4, 0.5) is 11.6 Å². The fraction of sp³-hybridized carbons (Fsp3) is 0.353. The zero-order valence-electron chi connectivity index (χ0n) is 14.0. The highest BCUT2D eigenvalue weighted by Gasteiger charge is 2.23. The van der Waals surface area contributed by atoms with Gasteiger partial charge in [-0.25, -0.2) is 4.98 Å². The van der Waals surface area contributed by atoms with E-state index in [9.17, 15) is 5.21 Å². The van der Waals surface area contributed by atoms with Crippen LogP contribution in [0.25, 0.3) is 5.65 Å². The number of nitrogens with zero attached hydrogens (tertiary/aromatic N) is 5. The molecule has 1 atom stereocenters. The fourth-order valence-corrected chi connectivity index (χ4v) is 4.50. The van der Waals surface area contributed by atoms with Crippen LogP contribution in [0, 0.1) is 5.21 Å². The first-order chi connectivity index (χ1) is 12.6. The summed E-state index contributed by atoms with van der Waals surface area (Å²) < 4.78 is 3.90. The zero-order chi connectivity index (χ0) is 18.1. The molecule has 0 bridgehead atoms. The molecule has 0 saturated carbocycles. The van der Waals surface area contributed by atoms with Crippen molar-refractivity contribution in [1.82, 2.24) is 14.6 Å². The second-order valence-electron chi connectivity index (χ2n) is 6.28. The quantitative estimate of drug-likeness (QED) is 0.184. The summed E-state index contributed by atoms with van der Waals surface area (Å²) in [5.74, 6) is 1.80. The van der Waals surface area contributed by atoms with Gasteiger partial charge in [0.05, 0.1) is 14.7 Å². The molecule has 4 rings (SSSR count). The van der Waals surface area contributed by atoms with E-state index >= 15 is 0 Å². The van der Waals surface area contributed by atoms with Crippen LogP contribution in [0.15, 0.2) is 41.3 Å². The average Bonchev–Trinajstić information content (AvgIpc) is 3.01. The van der Waals surface area contributed by atoms with Crippen molar-refractivity contribution in [2.75, 3.05) is 16.8 Å². The van der Waals surface area contributed by atoms with Crippen molar-refractivity contribution in [3.63, 3.8) is 0 Å². The Morgan fingerprint density at radius 3 is 3.12 bits per heavy atom. The number of fused-ring (bicyclic) bond motifs is 1. The summed E-state index contributed by atoms with van der Waals surface area (Å²) in [6.45, 7) is 1.55. The SMILES string of the molecule is [O-][n+]1cccc(CNc2cc(N3CCCC[C@H]3I)nc3c(Br)cnn23)c1. The molecule has 7 nitrogen and oxygen atoms in total. The van der Waals surface area contributed by atoms with Crippen molar-refractivity contribution in [2.45, 2.75) is 29.9 Å². The van der Waals surface area contributed by atoms with Crippen molar-refractivity contribution in [1.29, 1.82) is 0 Å². The lowest BCUT2D eigenvalue weighted by atomic mass is 10.1. The van der Waals surface area contributed by atoms with Gasteiger partial charge in [0.15, 0.2) is 18.0 Å². The Balaban J connectivity index is 1.68. The van der Waals surface area contributed by atoms with Crippen LogP contribution in [0.5, 0.6) is 0 Å². The molecule has 3 aromatic heterocycles. The lowest BCUT2D eigenvalue weighted by Gasteiger charge is -2.33. The molecule has 1 fully saturated rings. The van der Waals surface area contributed by atoms with Gasteiger partial charge >= 0.3 is 0 Å². The molecule has 1 saturated heterocycles. The molecule has 0 radical (unpaired) electrons. The van der Waals surface area contributed by atoms with Crippen molar-refractivity contribution >= 4 is 55.8 Å². The summed E-state index contributed by atoms with van der Waals surface area (Å²) in [6.07, 6.45) is 8.41. The molecule has 0 unspecified atom stereocenters. The number of rotatable bonds is 4. The Morgan fingerprint density at radius 1 is 1.42 bits per heavy atom. The molecule has 0 aromatic carbocycles. The summed E-state index contributed by atoms with van der Waals surface area (Å²) in [4.78, 5) is 7.17. The Kier molecular flexibility index (Phi) is 5.16. The van der Waals surface area contributed by atoms with Gasteiger partial charge in [0.1, 0.15) is 11.6 Å². The molecule has 4 heterocycles. The molecular formula is C17H18BrIN6O. The number of alkyl halides is 1. The summed E-state index contributed by atoms with van der Waals surface area (Å²) in [7, 11) is 0. The third-order valence-corrected chi connectivity index (χ3v) is 6.30. The number of aromatic nitrogens is 4. The van der Waals surface area contributed by atoms with Crippen molar-refractivity contribution in [3.8, 4) is 0 Å². The van der Waals surface area contributed by atoms with Crippen LogP contribution in [-0.4, -0.2) is 25.2 Å². The van der Waals surface area contributed by atoms with Gasteiger partial charge in [-0.1, -0.05) is 22.6 Å². The molecule has 9 heteroatoms. The van der Waals surface area contributed by atoms with Gasteiger partial charge in [0.25, 0.3) is 0 Å². The fourth-order valence-electron chi connectivity index (χ4n) is 3.14. The smallest absolute Gasteiger partial charge is 0.185 e. The van der Waals surface area contributed by atoms with E-state index in [1.807, 2.05) is 12.1 Å². The van der Waals surface area contributed by atoms with E-state index < -0.39 is 0 Å². The highest BCUT2D eigenvalue weighted by molar-refractivity contribution is 14.1. The number of anilines is 2. The molecular weight excluding hydrogens is 511 g/mol. The van der Waals surface area contributed by atoms with Crippen LogP contribution < -0.4 is 14.9 Å². The number of halogens is 2. The first kappa shape index (κ1) is 17.8. The lowest BCUT2D eigenvalue weighted by Crippen LogP contribution is -2.36. The van der Waals surface area contributed by atoms with Crippen LogP contribution in [0.2, 0.25) is 0 Å². The van der Waals surface area contributed by atoms with Crippen molar-refractivity contribution in [3.05, 3.63) is 52.0 Å². The van der Waals surface area contributed by atoms with Gasteiger partial charge in [-0.3, -0.25) is 0 Å². The minimum Gasteiger partial charge on any atom is -0.619 e. The summed E-state index contributed by atoms with van der Waals surface area (Å²) in [5.41, 5.74) is 1.69. The molecule has 1 aliphatic heterocycles. The van der Waals surface area contributed by atoms with E-state index in [0.29, 0.717) is 10.6 Å². The Bertz CT molecular complexity index is 933. The third kappa shape index (κ3) is 3.59. The van der Waals surface area contributed by atoms with Crippen molar-refractivity contribution < 1.29 is 4.73 Å². The van der Waals surface area contributed by atoms with Gasteiger partial charge in [0, 0.05) is 30.8 Å². The van der Waals surface area contributed by atoms with E-state index in [1.165, 1.54) is 25.5 Å². The predicted octanol–water partition coefficient (Wildman–Crippen LogP) is 3.49. The van der Waals surface area contributed by atoms with Crippen LogP contribution in [-0.2, 0) is 6.54 Å². The van der Waals surface area contributed by atoms with Gasteiger partial charge in [-0.05, 0) is 41.3 Å². The van der Waals surface area contributed by atoms with Crippen molar-refractivity contribution in [2.24, 2.45) is 0 Å². The summed E-state index contributed by atoms with van der Waals surface area (Å²) >= 11 is 6.03. The van der Waals surface area contributed by atoms with Crippen LogP contribution >= 0.6 is 38.5 Å². The minimum atomic E-state index is 0.444. The number of pyridine rings is 1. The lowest BCUT2D eigenvalue weighted by molar-refractivity contribution is -0.605. The maximum Gasteiger partial charge on any atom is 0.185 e. The maximum absolute atomic E-state index is 11.5. The normalized spacial score (nSPS) is 17.6. The maximum atomic E-state index is 11.5. The topological polar surface area (TPSA) is 72.4 Å². The molecule has 0 amide bonds. The van der Waals surface area contributed by atoms with Gasteiger partial charge < -0.3 is 15.4 Å². The molecule has 3 aromatic rings. The van der Waals surface area contributed by atoms with Gasteiger partial charge in [-0.15, -0.1) is 0 Å². The molecule has 1 aliphatic rings. The molecule has 0 spiro atoms. The Hall–Kier alpha value is -1.62. The summed E-state index contributed by atoms with van der Waals surface area (Å²) in [6, 6.07) is 5.71. The van der Waals surface area contributed by atoms with E-state index in [2.05, 4.69) is 53.8 Å². The Labute approximate surface area is 173 Å². The van der Waals surface area contributed by atoms with E-state index in [0.717, 1.165) is 38.6 Å². The number of nitrogens with one attached hydrogen (secondary N) is 1. The number of hydrogen-bond donors (Lipinski definition) is 1. The molecule has 0 aliphatic carbocycles. The van der Waals surface area contributed by atoms with Gasteiger partial charge in [0.2, 0.25) is 0 Å². The van der Waals surface area contributed by atoms with E-state index in [4.69, 9.17) is 4.98 Å². The average molecular weight is 529 g/mol. The first-order valence-corrected chi connectivity index (χ1v) is 10.5. The minimum absolute atomic E-state index is 0.444. The zero-order valence-corrected chi connectivity index (χ0v) is 17.7. The monoisotopic (exact) mass is 528 g/mol. The van der Waals surface area contributed by atoms with Gasteiger partial charge in [-0.2, -0.15) is 14.3 Å². The number of piperidine rings is 1. The second-order valence-corrected chi connectivity index (χ2v) is 8.57. The predicted molar refractivity (Wildman–Crippen MR) is 112 cm³/mol. The molecule has 26 heavy (non-hydrogen) atoms. The summed E-state index contributed by atoms with van der Waals surface area (Å²) in [5, 5.41) is 19.3. The first-order valence-electron chi connectivity index (χ1n) is 8.48. The second kappa shape index (κ2) is 7.55. The van der Waals surface area contributed by atoms with E-state index in [1.54, 1.807) is 23.0 Å². The number of hydrogen-bond acceptors (Lipinski definition) is 5. The van der Waals surface area contributed by atoms with E-state index in [-0.39, 0.29) is 0 Å². The third-order valence-electron chi connectivity index (χ3n) is 4.45. The molecule has 1 N–H and O–H groups in total. The molecule has 136 valence electrons. The largest absolute Gasteiger partial charge is 0.619 e. The highest BCUT2D eigenvalue weighted by Crippen LogP contribution is 2.30.